The van der Waals surface area contributed by atoms with Crippen molar-refractivity contribution in [1.82, 2.24) is 9.88 Å². The van der Waals surface area contributed by atoms with Crippen LogP contribution in [0.5, 0.6) is 0 Å². The lowest BCUT2D eigenvalue weighted by molar-refractivity contribution is -0.130. The number of amides is 1. The number of aromatic nitrogens is 1. The average Bonchev–Trinajstić information content (AvgIpc) is 2.56. The van der Waals surface area contributed by atoms with Crippen LogP contribution in [0.3, 0.4) is 0 Å². The Morgan fingerprint density at radius 1 is 1.09 bits per heavy atom. The predicted molar refractivity (Wildman–Crippen MR) is 87.9 cm³/mol. The maximum Gasteiger partial charge on any atom is 0.228 e. The molecule has 0 radical (unpaired) electrons. The molecule has 1 amide bonds. The Morgan fingerprint density at radius 2 is 1.91 bits per heavy atom. The summed E-state index contributed by atoms with van der Waals surface area (Å²) in [6, 6.07) is 14.2. The lowest BCUT2D eigenvalue weighted by atomic mass is 10.2. The zero-order valence-corrected chi connectivity index (χ0v) is 12.9. The van der Waals surface area contributed by atoms with E-state index in [-0.39, 0.29) is 5.91 Å². The van der Waals surface area contributed by atoms with E-state index in [0.717, 1.165) is 31.9 Å². The second-order valence-electron chi connectivity index (χ2n) is 5.70. The van der Waals surface area contributed by atoms with Crippen molar-refractivity contribution in [3.05, 3.63) is 59.9 Å². The Bertz CT molecular complexity index is 634. The van der Waals surface area contributed by atoms with Gasteiger partial charge < -0.3 is 9.80 Å². The van der Waals surface area contributed by atoms with E-state index >= 15 is 0 Å². The molecule has 1 aliphatic rings. The number of aryl methyl sites for hydroxylation is 1. The summed E-state index contributed by atoms with van der Waals surface area (Å²) in [6.45, 7) is 5.43. The van der Waals surface area contributed by atoms with E-state index in [1.54, 1.807) is 6.20 Å². The molecule has 1 saturated heterocycles. The highest BCUT2D eigenvalue weighted by Crippen LogP contribution is 2.18. The van der Waals surface area contributed by atoms with Crippen molar-refractivity contribution in [2.45, 2.75) is 13.3 Å². The molecular formula is C18H21N3O. The molecule has 1 aliphatic heterocycles. The van der Waals surface area contributed by atoms with Crippen molar-refractivity contribution in [2.75, 3.05) is 31.1 Å². The molecule has 0 atom stereocenters. The fourth-order valence-corrected chi connectivity index (χ4v) is 2.81. The minimum atomic E-state index is 0.169. The minimum absolute atomic E-state index is 0.169. The van der Waals surface area contributed by atoms with Gasteiger partial charge in [0.05, 0.1) is 6.42 Å². The van der Waals surface area contributed by atoms with Gasteiger partial charge in [0, 0.05) is 43.8 Å². The number of hydrogen-bond acceptors (Lipinski definition) is 3. The highest BCUT2D eigenvalue weighted by atomic mass is 16.2. The molecule has 0 unspecified atom stereocenters. The van der Waals surface area contributed by atoms with Gasteiger partial charge in [-0.15, -0.1) is 0 Å². The third-order valence-electron chi connectivity index (χ3n) is 4.06. The Kier molecular flexibility index (Phi) is 4.37. The summed E-state index contributed by atoms with van der Waals surface area (Å²) < 4.78 is 0. The van der Waals surface area contributed by atoms with Crippen LogP contribution in [0.1, 0.15) is 11.3 Å². The molecule has 2 heterocycles. The molecule has 3 rings (SSSR count). The lowest BCUT2D eigenvalue weighted by Crippen LogP contribution is -2.49. The number of carbonyl (C=O) groups is 1. The van der Waals surface area contributed by atoms with Gasteiger partial charge in [0.25, 0.3) is 0 Å². The van der Waals surface area contributed by atoms with Crippen LogP contribution in [0.2, 0.25) is 0 Å². The van der Waals surface area contributed by atoms with Crippen molar-refractivity contribution >= 4 is 11.6 Å². The Morgan fingerprint density at radius 3 is 2.59 bits per heavy atom. The van der Waals surface area contributed by atoms with Gasteiger partial charge in [0.2, 0.25) is 5.91 Å². The molecule has 0 saturated carbocycles. The van der Waals surface area contributed by atoms with Gasteiger partial charge >= 0.3 is 0 Å². The Balaban J connectivity index is 1.56. The number of anilines is 1. The van der Waals surface area contributed by atoms with Gasteiger partial charge in [-0.25, -0.2) is 0 Å². The van der Waals surface area contributed by atoms with Gasteiger partial charge in [0.1, 0.15) is 0 Å². The number of piperazine rings is 1. The van der Waals surface area contributed by atoms with Gasteiger partial charge in [-0.2, -0.15) is 0 Å². The summed E-state index contributed by atoms with van der Waals surface area (Å²) >= 11 is 0. The number of nitrogens with zero attached hydrogens (tertiary/aromatic N) is 3. The van der Waals surface area contributed by atoms with E-state index in [1.165, 1.54) is 11.3 Å². The minimum Gasteiger partial charge on any atom is -0.368 e. The van der Waals surface area contributed by atoms with Crippen molar-refractivity contribution < 1.29 is 4.79 Å². The smallest absolute Gasteiger partial charge is 0.228 e. The second kappa shape index (κ2) is 6.60. The predicted octanol–water partition coefficient (Wildman–Crippen LogP) is 2.28. The number of rotatable bonds is 3. The van der Waals surface area contributed by atoms with Gasteiger partial charge in [-0.1, -0.05) is 18.2 Å². The number of pyridine rings is 1. The first-order chi connectivity index (χ1) is 10.7. The lowest BCUT2D eigenvalue weighted by Gasteiger charge is -2.36. The molecule has 0 bridgehead atoms. The normalized spacial score (nSPS) is 15.0. The number of carbonyl (C=O) groups excluding carboxylic acids is 1. The highest BCUT2D eigenvalue weighted by Gasteiger charge is 2.21. The van der Waals surface area contributed by atoms with Crippen LogP contribution in [0, 0.1) is 6.92 Å². The molecule has 2 aromatic rings. The zero-order valence-electron chi connectivity index (χ0n) is 12.9. The van der Waals surface area contributed by atoms with Gasteiger partial charge in [-0.05, 0) is 36.8 Å². The van der Waals surface area contributed by atoms with Crippen molar-refractivity contribution in [3.63, 3.8) is 0 Å². The van der Waals surface area contributed by atoms with Crippen LogP contribution >= 0.6 is 0 Å². The average molecular weight is 295 g/mol. The molecule has 0 aliphatic carbocycles. The Labute approximate surface area is 131 Å². The standard InChI is InChI=1S/C18H21N3O/c1-15-5-4-7-17(13-15)20-9-11-21(12-10-20)18(22)14-16-6-2-3-8-19-16/h2-8,13H,9-12,14H2,1H3. The second-order valence-corrected chi connectivity index (χ2v) is 5.70. The van der Waals surface area contributed by atoms with Gasteiger partial charge in [0.15, 0.2) is 0 Å². The van der Waals surface area contributed by atoms with E-state index < -0.39 is 0 Å². The van der Waals surface area contributed by atoms with E-state index in [0.29, 0.717) is 6.42 Å². The first-order valence-electron chi connectivity index (χ1n) is 7.72. The number of hydrogen-bond donors (Lipinski definition) is 0. The summed E-state index contributed by atoms with van der Waals surface area (Å²) in [4.78, 5) is 20.9. The van der Waals surface area contributed by atoms with Crippen molar-refractivity contribution in [2.24, 2.45) is 0 Å². The van der Waals surface area contributed by atoms with E-state index in [4.69, 9.17) is 0 Å². The van der Waals surface area contributed by atoms with Crippen molar-refractivity contribution in [3.8, 4) is 0 Å². The molecular weight excluding hydrogens is 274 g/mol. The molecule has 4 heteroatoms. The summed E-state index contributed by atoms with van der Waals surface area (Å²) in [5.41, 5.74) is 3.36. The van der Waals surface area contributed by atoms with Crippen LogP contribution in [-0.2, 0) is 11.2 Å². The number of benzene rings is 1. The molecule has 1 aromatic heterocycles. The third kappa shape index (κ3) is 3.45. The zero-order chi connectivity index (χ0) is 15.4. The van der Waals surface area contributed by atoms with E-state index in [9.17, 15) is 4.79 Å². The Hall–Kier alpha value is -2.36. The highest BCUT2D eigenvalue weighted by molar-refractivity contribution is 5.78. The molecule has 1 aromatic carbocycles. The molecule has 22 heavy (non-hydrogen) atoms. The third-order valence-corrected chi connectivity index (χ3v) is 4.06. The van der Waals surface area contributed by atoms with E-state index in [1.807, 2.05) is 23.1 Å². The van der Waals surface area contributed by atoms with Crippen LogP contribution in [0.25, 0.3) is 0 Å². The molecule has 4 nitrogen and oxygen atoms in total. The first kappa shape index (κ1) is 14.6. The van der Waals surface area contributed by atoms with Crippen LogP contribution in [0.4, 0.5) is 5.69 Å². The van der Waals surface area contributed by atoms with Crippen LogP contribution in [-0.4, -0.2) is 42.0 Å². The topological polar surface area (TPSA) is 36.4 Å². The summed E-state index contributed by atoms with van der Waals surface area (Å²) in [5, 5.41) is 0. The summed E-state index contributed by atoms with van der Waals surface area (Å²) in [6.07, 6.45) is 2.13. The molecule has 1 fully saturated rings. The fraction of sp³-hybridized carbons (Fsp3) is 0.333. The maximum absolute atomic E-state index is 12.3. The molecule has 0 N–H and O–H groups in total. The monoisotopic (exact) mass is 295 g/mol. The summed E-state index contributed by atoms with van der Waals surface area (Å²) in [7, 11) is 0. The quantitative estimate of drug-likeness (QED) is 0.871. The molecule has 0 spiro atoms. The SMILES string of the molecule is Cc1cccc(N2CCN(C(=O)Cc3ccccn3)CC2)c1. The van der Waals surface area contributed by atoms with Crippen LogP contribution in [0.15, 0.2) is 48.7 Å². The molecule has 114 valence electrons. The van der Waals surface area contributed by atoms with Crippen LogP contribution < -0.4 is 4.90 Å². The maximum atomic E-state index is 12.3. The largest absolute Gasteiger partial charge is 0.368 e. The van der Waals surface area contributed by atoms with Crippen molar-refractivity contribution in [1.29, 1.82) is 0 Å². The first-order valence-corrected chi connectivity index (χ1v) is 7.72. The summed E-state index contributed by atoms with van der Waals surface area (Å²) in [5.74, 6) is 0.169. The van der Waals surface area contributed by atoms with Gasteiger partial charge in [-0.3, -0.25) is 9.78 Å². The van der Waals surface area contributed by atoms with E-state index in [2.05, 4.69) is 41.1 Å². The fourth-order valence-electron chi connectivity index (χ4n) is 2.81.